The Morgan fingerprint density at radius 3 is 2.82 bits per heavy atom. The maximum absolute atomic E-state index is 4.85. The minimum Gasteiger partial charge on any atom is -0.353 e. The van der Waals surface area contributed by atoms with E-state index in [2.05, 4.69) is 27.8 Å². The normalized spacial score (nSPS) is 25.6. The molecule has 0 unspecified atom stereocenters. The van der Waals surface area contributed by atoms with Crippen molar-refractivity contribution in [3.8, 4) is 0 Å². The van der Waals surface area contributed by atoms with Crippen LogP contribution in [0.15, 0.2) is 30.5 Å². The molecule has 5 rings (SSSR count). The summed E-state index contributed by atoms with van der Waals surface area (Å²) >= 11 is 0. The van der Waals surface area contributed by atoms with Crippen molar-refractivity contribution in [1.29, 1.82) is 0 Å². The van der Waals surface area contributed by atoms with Gasteiger partial charge in [-0.1, -0.05) is 19.1 Å². The quantitative estimate of drug-likeness (QED) is 0.872. The van der Waals surface area contributed by atoms with Crippen molar-refractivity contribution in [2.75, 3.05) is 31.1 Å². The first-order chi connectivity index (χ1) is 10.8. The van der Waals surface area contributed by atoms with Crippen LogP contribution in [-0.4, -0.2) is 47.1 Å². The summed E-state index contributed by atoms with van der Waals surface area (Å²) in [5.41, 5.74) is 1.98. The molecule has 22 heavy (non-hydrogen) atoms. The Hall–Kier alpha value is -1.68. The number of hydrogen-bond donors (Lipinski definition) is 0. The molecule has 0 amide bonds. The molecule has 2 bridgehead atoms. The summed E-state index contributed by atoms with van der Waals surface area (Å²) in [6.07, 6.45) is 5.90. The van der Waals surface area contributed by atoms with E-state index in [0.717, 1.165) is 35.9 Å². The number of benzene rings is 1. The Labute approximate surface area is 132 Å². The first-order valence-corrected chi connectivity index (χ1v) is 8.54. The van der Waals surface area contributed by atoms with Gasteiger partial charge in [-0.2, -0.15) is 0 Å². The highest BCUT2D eigenvalue weighted by Crippen LogP contribution is 2.30. The molecule has 4 heterocycles. The van der Waals surface area contributed by atoms with E-state index in [-0.39, 0.29) is 0 Å². The minimum absolute atomic E-state index is 0.687. The van der Waals surface area contributed by atoms with Gasteiger partial charge in [-0.05, 0) is 43.9 Å². The van der Waals surface area contributed by atoms with Gasteiger partial charge in [0.15, 0.2) is 0 Å². The lowest BCUT2D eigenvalue weighted by molar-refractivity contribution is 0.134. The van der Waals surface area contributed by atoms with E-state index in [9.17, 15) is 0 Å². The van der Waals surface area contributed by atoms with Gasteiger partial charge in [0, 0.05) is 25.7 Å². The Balaban J connectivity index is 1.61. The fourth-order valence-corrected chi connectivity index (χ4v) is 4.03. The molecule has 2 atom stereocenters. The van der Waals surface area contributed by atoms with Gasteiger partial charge in [-0.15, -0.1) is 0 Å². The van der Waals surface area contributed by atoms with Crippen molar-refractivity contribution in [3.05, 3.63) is 30.5 Å². The van der Waals surface area contributed by atoms with Gasteiger partial charge < -0.3 is 4.90 Å². The lowest BCUT2D eigenvalue weighted by Gasteiger charge is -2.35. The Morgan fingerprint density at radius 2 is 1.95 bits per heavy atom. The van der Waals surface area contributed by atoms with E-state index >= 15 is 0 Å². The minimum atomic E-state index is 0.687. The number of fused-ring (bicyclic) bond motifs is 5. The molecule has 1 aromatic carbocycles. The molecular formula is C18H24N4. The summed E-state index contributed by atoms with van der Waals surface area (Å²) in [6, 6.07) is 8.83. The molecule has 1 aromatic heterocycles. The van der Waals surface area contributed by atoms with Gasteiger partial charge >= 0.3 is 0 Å². The molecule has 2 aromatic rings. The van der Waals surface area contributed by atoms with E-state index < -0.39 is 0 Å². The number of aromatic nitrogens is 2. The standard InChI is InChI=1S/C18H24N4/c1-2-9-21-11-14-7-8-15(21)13-22(12-14)18-10-19-16-5-3-4-6-17(16)20-18/h3-6,10,14-15H,2,7-9,11-13H2,1H3/t14-,15-/m1/s1. The SMILES string of the molecule is CCCN1C[C@H]2CC[C@@H]1CN(c1cnc3ccccc3n1)C2. The molecule has 0 radical (unpaired) electrons. The number of nitrogens with zero attached hydrogens (tertiary/aromatic N) is 4. The van der Waals surface area contributed by atoms with Crippen LogP contribution in [0.4, 0.5) is 5.82 Å². The number of hydrogen-bond acceptors (Lipinski definition) is 4. The van der Waals surface area contributed by atoms with Gasteiger partial charge in [-0.25, -0.2) is 4.98 Å². The van der Waals surface area contributed by atoms with Crippen LogP contribution in [-0.2, 0) is 0 Å². The van der Waals surface area contributed by atoms with Crippen molar-refractivity contribution >= 4 is 16.9 Å². The van der Waals surface area contributed by atoms with Gasteiger partial charge in [0.2, 0.25) is 0 Å². The van der Waals surface area contributed by atoms with Crippen LogP contribution < -0.4 is 4.90 Å². The maximum atomic E-state index is 4.85. The van der Waals surface area contributed by atoms with E-state index in [1.165, 1.54) is 32.4 Å². The molecule has 4 heteroatoms. The number of para-hydroxylation sites is 2. The van der Waals surface area contributed by atoms with Crippen LogP contribution in [0.3, 0.4) is 0 Å². The fourth-order valence-electron chi connectivity index (χ4n) is 4.03. The van der Waals surface area contributed by atoms with E-state index in [1.54, 1.807) is 0 Å². The van der Waals surface area contributed by atoms with Crippen molar-refractivity contribution in [1.82, 2.24) is 14.9 Å². The molecule has 0 spiro atoms. The average molecular weight is 296 g/mol. The summed E-state index contributed by atoms with van der Waals surface area (Å²) in [5.74, 6) is 1.83. The highest BCUT2D eigenvalue weighted by molar-refractivity contribution is 5.75. The summed E-state index contributed by atoms with van der Waals surface area (Å²) in [5, 5.41) is 0. The Morgan fingerprint density at radius 1 is 1.09 bits per heavy atom. The largest absolute Gasteiger partial charge is 0.353 e. The van der Waals surface area contributed by atoms with Crippen molar-refractivity contribution in [2.24, 2.45) is 5.92 Å². The van der Waals surface area contributed by atoms with Crippen molar-refractivity contribution < 1.29 is 0 Å². The van der Waals surface area contributed by atoms with E-state index in [0.29, 0.717) is 6.04 Å². The zero-order valence-electron chi connectivity index (χ0n) is 13.3. The van der Waals surface area contributed by atoms with Crippen LogP contribution >= 0.6 is 0 Å². The second-order valence-electron chi connectivity index (χ2n) is 6.71. The van der Waals surface area contributed by atoms with E-state index in [1.807, 2.05) is 24.4 Å². The molecule has 116 valence electrons. The molecular weight excluding hydrogens is 272 g/mol. The molecule has 3 saturated heterocycles. The summed E-state index contributed by atoms with van der Waals surface area (Å²) < 4.78 is 0. The molecule has 0 saturated carbocycles. The van der Waals surface area contributed by atoms with Crippen molar-refractivity contribution in [3.63, 3.8) is 0 Å². The fraction of sp³-hybridized carbons (Fsp3) is 0.556. The molecule has 3 aliphatic rings. The number of rotatable bonds is 3. The van der Waals surface area contributed by atoms with Crippen LogP contribution in [0.5, 0.6) is 0 Å². The Bertz CT molecular complexity index is 656. The van der Waals surface area contributed by atoms with E-state index in [4.69, 9.17) is 4.98 Å². The number of anilines is 1. The molecule has 4 nitrogen and oxygen atoms in total. The molecule has 3 aliphatic heterocycles. The summed E-state index contributed by atoms with van der Waals surface area (Å²) in [7, 11) is 0. The molecule has 0 N–H and O–H groups in total. The van der Waals surface area contributed by atoms with Gasteiger partial charge in [0.25, 0.3) is 0 Å². The second kappa shape index (κ2) is 5.84. The lowest BCUT2D eigenvalue weighted by atomic mass is 9.95. The molecule has 0 aliphatic carbocycles. The van der Waals surface area contributed by atoms with Crippen LogP contribution in [0.2, 0.25) is 0 Å². The zero-order valence-corrected chi connectivity index (χ0v) is 13.3. The maximum Gasteiger partial charge on any atom is 0.147 e. The predicted octanol–water partition coefficient (Wildman–Crippen LogP) is 2.94. The van der Waals surface area contributed by atoms with Crippen LogP contribution in [0.1, 0.15) is 26.2 Å². The van der Waals surface area contributed by atoms with Gasteiger partial charge in [0.1, 0.15) is 5.82 Å². The van der Waals surface area contributed by atoms with Crippen LogP contribution in [0, 0.1) is 5.92 Å². The second-order valence-corrected chi connectivity index (χ2v) is 6.71. The molecule has 3 fully saturated rings. The van der Waals surface area contributed by atoms with Gasteiger partial charge in [0.05, 0.1) is 17.2 Å². The lowest BCUT2D eigenvalue weighted by Crippen LogP contribution is -2.44. The number of piperidine rings is 1. The topological polar surface area (TPSA) is 32.3 Å². The highest BCUT2D eigenvalue weighted by atomic mass is 15.3. The first kappa shape index (κ1) is 13.9. The van der Waals surface area contributed by atoms with Crippen molar-refractivity contribution in [2.45, 2.75) is 32.2 Å². The summed E-state index contributed by atoms with van der Waals surface area (Å²) in [6.45, 7) is 7.01. The third-order valence-corrected chi connectivity index (χ3v) is 5.10. The highest BCUT2D eigenvalue weighted by Gasteiger charge is 2.34. The average Bonchev–Trinajstić information content (AvgIpc) is 2.86. The van der Waals surface area contributed by atoms with Crippen LogP contribution in [0.25, 0.3) is 11.0 Å². The zero-order chi connectivity index (χ0) is 14.9. The third kappa shape index (κ3) is 2.56. The summed E-state index contributed by atoms with van der Waals surface area (Å²) in [4.78, 5) is 14.6. The third-order valence-electron chi connectivity index (χ3n) is 5.10. The predicted molar refractivity (Wildman–Crippen MR) is 90.1 cm³/mol. The van der Waals surface area contributed by atoms with Gasteiger partial charge in [-0.3, -0.25) is 9.88 Å². The Kier molecular flexibility index (Phi) is 3.70. The monoisotopic (exact) mass is 296 g/mol. The first-order valence-electron chi connectivity index (χ1n) is 8.54. The smallest absolute Gasteiger partial charge is 0.147 e.